The molecule has 1 N–H and O–H groups in total. The van der Waals surface area contributed by atoms with Gasteiger partial charge in [-0.1, -0.05) is 52.0 Å². The summed E-state index contributed by atoms with van der Waals surface area (Å²) in [7, 11) is 0. The van der Waals surface area contributed by atoms with Crippen molar-refractivity contribution >= 4 is 23.2 Å². The molecule has 5 heteroatoms. The molecule has 1 unspecified atom stereocenters. The van der Waals surface area contributed by atoms with Crippen molar-refractivity contribution < 1.29 is 9.59 Å². The van der Waals surface area contributed by atoms with Gasteiger partial charge >= 0.3 is 0 Å². The maximum absolute atomic E-state index is 13.1. The summed E-state index contributed by atoms with van der Waals surface area (Å²) in [6.45, 7) is 8.76. The molecule has 3 rings (SSSR count). The third kappa shape index (κ3) is 4.32. The molecule has 1 atom stereocenters. The van der Waals surface area contributed by atoms with Crippen molar-refractivity contribution in [2.75, 3.05) is 16.8 Å². The van der Waals surface area contributed by atoms with E-state index in [0.717, 1.165) is 16.8 Å². The highest BCUT2D eigenvalue weighted by molar-refractivity contribution is 6.04. The van der Waals surface area contributed by atoms with Crippen LogP contribution in [0.15, 0.2) is 42.5 Å². The van der Waals surface area contributed by atoms with Crippen molar-refractivity contribution in [2.45, 2.75) is 46.0 Å². The van der Waals surface area contributed by atoms with Crippen LogP contribution in [0.4, 0.5) is 11.4 Å². The Bertz CT molecular complexity index is 946. The van der Waals surface area contributed by atoms with E-state index in [-0.39, 0.29) is 30.1 Å². The Balaban J connectivity index is 1.82. The second-order valence-electron chi connectivity index (χ2n) is 8.18. The molecule has 0 spiro atoms. The van der Waals surface area contributed by atoms with Crippen molar-refractivity contribution in [3.8, 4) is 6.07 Å². The molecular formula is C24H27N3O2. The molecule has 1 fully saturated rings. The number of carbonyl (C=O) groups excluding carboxylic acids is 2. The number of para-hydroxylation sites is 1. The van der Waals surface area contributed by atoms with Crippen LogP contribution in [0.5, 0.6) is 0 Å². The molecule has 0 saturated carbocycles. The SMILES string of the molecule is CC(C)c1cccc(C(C)C)c1NC(=O)C1CC(=O)N(c2cccc(C#N)c2)C1. The minimum absolute atomic E-state index is 0.0959. The Hall–Kier alpha value is -3.13. The molecule has 2 amide bonds. The van der Waals surface area contributed by atoms with E-state index in [4.69, 9.17) is 5.26 Å². The standard InChI is InChI=1S/C24H27N3O2/c1-15(2)20-9-6-10-21(16(3)4)23(20)26-24(29)18-12-22(28)27(14-18)19-8-5-7-17(11-19)13-25/h5-11,15-16,18H,12,14H2,1-4H3,(H,26,29). The Labute approximate surface area is 172 Å². The summed E-state index contributed by atoms with van der Waals surface area (Å²) < 4.78 is 0. The minimum Gasteiger partial charge on any atom is -0.325 e. The fraction of sp³-hybridized carbons (Fsp3) is 0.375. The number of benzene rings is 2. The van der Waals surface area contributed by atoms with Gasteiger partial charge in [-0.3, -0.25) is 9.59 Å². The normalized spacial score (nSPS) is 16.4. The molecule has 1 heterocycles. The van der Waals surface area contributed by atoms with E-state index in [1.54, 1.807) is 29.2 Å². The number of amides is 2. The second-order valence-corrected chi connectivity index (χ2v) is 8.18. The molecule has 150 valence electrons. The van der Waals surface area contributed by atoms with E-state index in [0.29, 0.717) is 17.8 Å². The monoisotopic (exact) mass is 389 g/mol. The highest BCUT2D eigenvalue weighted by Gasteiger charge is 2.35. The molecule has 0 aliphatic carbocycles. The highest BCUT2D eigenvalue weighted by Crippen LogP contribution is 2.34. The predicted molar refractivity (Wildman–Crippen MR) is 115 cm³/mol. The Morgan fingerprint density at radius 3 is 2.31 bits per heavy atom. The third-order valence-corrected chi connectivity index (χ3v) is 5.40. The number of hydrogen-bond donors (Lipinski definition) is 1. The van der Waals surface area contributed by atoms with Crippen LogP contribution in [0.2, 0.25) is 0 Å². The van der Waals surface area contributed by atoms with E-state index in [1.165, 1.54) is 0 Å². The van der Waals surface area contributed by atoms with Gasteiger partial charge < -0.3 is 10.2 Å². The molecule has 0 radical (unpaired) electrons. The van der Waals surface area contributed by atoms with Crippen molar-refractivity contribution in [1.29, 1.82) is 5.26 Å². The molecule has 2 aromatic rings. The summed E-state index contributed by atoms with van der Waals surface area (Å²) in [5.74, 6) is -0.0962. The van der Waals surface area contributed by atoms with E-state index in [9.17, 15) is 9.59 Å². The molecular weight excluding hydrogens is 362 g/mol. The van der Waals surface area contributed by atoms with E-state index in [1.807, 2.05) is 18.2 Å². The number of hydrogen-bond acceptors (Lipinski definition) is 3. The van der Waals surface area contributed by atoms with Gasteiger partial charge in [0, 0.05) is 24.3 Å². The van der Waals surface area contributed by atoms with Crippen molar-refractivity contribution in [2.24, 2.45) is 5.92 Å². The van der Waals surface area contributed by atoms with Crippen molar-refractivity contribution in [1.82, 2.24) is 0 Å². The van der Waals surface area contributed by atoms with E-state index >= 15 is 0 Å². The first kappa shape index (κ1) is 20.6. The lowest BCUT2D eigenvalue weighted by molar-refractivity contribution is -0.122. The van der Waals surface area contributed by atoms with Gasteiger partial charge in [0.1, 0.15) is 0 Å². The van der Waals surface area contributed by atoms with Crippen LogP contribution in [0.25, 0.3) is 0 Å². The fourth-order valence-corrected chi connectivity index (χ4v) is 3.80. The van der Waals surface area contributed by atoms with Crippen LogP contribution in [0, 0.1) is 17.2 Å². The first-order chi connectivity index (χ1) is 13.8. The summed E-state index contributed by atoms with van der Waals surface area (Å²) >= 11 is 0. The lowest BCUT2D eigenvalue weighted by Crippen LogP contribution is -2.28. The van der Waals surface area contributed by atoms with E-state index < -0.39 is 5.92 Å². The molecule has 5 nitrogen and oxygen atoms in total. The molecule has 1 aliphatic rings. The van der Waals surface area contributed by atoms with Gasteiger partial charge in [-0.2, -0.15) is 5.26 Å². The quantitative estimate of drug-likeness (QED) is 0.798. The van der Waals surface area contributed by atoms with Gasteiger partial charge in [-0.05, 0) is 41.2 Å². The largest absolute Gasteiger partial charge is 0.325 e. The van der Waals surface area contributed by atoms with Crippen molar-refractivity contribution in [3.05, 3.63) is 59.2 Å². The van der Waals surface area contributed by atoms with Gasteiger partial charge in [-0.25, -0.2) is 0 Å². The first-order valence-corrected chi connectivity index (χ1v) is 10.1. The minimum atomic E-state index is -0.423. The Morgan fingerprint density at radius 1 is 1.10 bits per heavy atom. The number of anilines is 2. The van der Waals surface area contributed by atoms with Gasteiger partial charge in [0.2, 0.25) is 11.8 Å². The van der Waals surface area contributed by atoms with Crippen LogP contribution >= 0.6 is 0 Å². The summed E-state index contributed by atoms with van der Waals surface area (Å²) in [6.07, 6.45) is 0.170. The number of carbonyl (C=O) groups is 2. The molecule has 29 heavy (non-hydrogen) atoms. The smallest absolute Gasteiger partial charge is 0.229 e. The molecule has 1 aliphatic heterocycles. The topological polar surface area (TPSA) is 73.2 Å². The van der Waals surface area contributed by atoms with Gasteiger partial charge in [0.25, 0.3) is 0 Å². The fourth-order valence-electron chi connectivity index (χ4n) is 3.80. The van der Waals surface area contributed by atoms with E-state index in [2.05, 4.69) is 39.1 Å². The summed E-state index contributed by atoms with van der Waals surface area (Å²) in [5, 5.41) is 12.2. The molecule has 2 aromatic carbocycles. The third-order valence-electron chi connectivity index (χ3n) is 5.40. The maximum Gasteiger partial charge on any atom is 0.229 e. The zero-order chi connectivity index (χ0) is 21.1. The molecule has 0 aromatic heterocycles. The molecule has 1 saturated heterocycles. The predicted octanol–water partition coefficient (Wildman–Crippen LogP) is 4.80. The van der Waals surface area contributed by atoms with Gasteiger partial charge in [-0.15, -0.1) is 0 Å². The number of nitrogens with zero attached hydrogens (tertiary/aromatic N) is 2. The van der Waals surface area contributed by atoms with Crippen LogP contribution in [0.3, 0.4) is 0 Å². The second kappa shape index (κ2) is 8.48. The lowest BCUT2D eigenvalue weighted by atomic mass is 9.92. The number of nitriles is 1. The van der Waals surface area contributed by atoms with Crippen LogP contribution in [-0.4, -0.2) is 18.4 Å². The van der Waals surface area contributed by atoms with Crippen LogP contribution in [0.1, 0.15) is 62.6 Å². The Morgan fingerprint density at radius 2 is 1.72 bits per heavy atom. The zero-order valence-electron chi connectivity index (χ0n) is 17.4. The van der Waals surface area contributed by atoms with Crippen LogP contribution < -0.4 is 10.2 Å². The summed E-state index contributed by atoms with van der Waals surface area (Å²) in [5.41, 5.74) is 4.24. The zero-order valence-corrected chi connectivity index (χ0v) is 17.4. The lowest BCUT2D eigenvalue weighted by Gasteiger charge is -2.22. The molecule has 0 bridgehead atoms. The Kier molecular flexibility index (Phi) is 6.03. The summed E-state index contributed by atoms with van der Waals surface area (Å²) in [6, 6.07) is 15.1. The summed E-state index contributed by atoms with van der Waals surface area (Å²) in [4.78, 5) is 27.2. The number of nitrogens with one attached hydrogen (secondary N) is 1. The first-order valence-electron chi connectivity index (χ1n) is 10.1. The average molecular weight is 389 g/mol. The van der Waals surface area contributed by atoms with Gasteiger partial charge in [0.05, 0.1) is 17.6 Å². The van der Waals surface area contributed by atoms with Gasteiger partial charge in [0.15, 0.2) is 0 Å². The average Bonchev–Trinajstić information content (AvgIpc) is 3.09. The maximum atomic E-state index is 13.1. The van der Waals surface area contributed by atoms with Crippen LogP contribution in [-0.2, 0) is 9.59 Å². The number of rotatable bonds is 5. The van der Waals surface area contributed by atoms with Crippen molar-refractivity contribution in [3.63, 3.8) is 0 Å². The highest BCUT2D eigenvalue weighted by atomic mass is 16.2.